The van der Waals surface area contributed by atoms with Crippen LogP contribution in [-0.4, -0.2) is 42.7 Å². The molecular weight excluding hydrogens is 206 g/mol. The van der Waals surface area contributed by atoms with Crippen molar-refractivity contribution in [1.29, 1.82) is 0 Å². The third kappa shape index (κ3) is 3.20. The molecule has 0 spiro atoms. The number of anilines is 1. The van der Waals surface area contributed by atoms with E-state index in [1.54, 1.807) is 30.2 Å². The topological polar surface area (TPSA) is 65.5 Å². The lowest BCUT2D eigenvalue weighted by Gasteiger charge is -2.15. The highest BCUT2D eigenvalue weighted by molar-refractivity contribution is 5.98. The fourth-order valence-corrected chi connectivity index (χ4v) is 1.27. The summed E-state index contributed by atoms with van der Waals surface area (Å²) in [4.78, 5) is 17.7. The van der Waals surface area contributed by atoms with Gasteiger partial charge in [0, 0.05) is 26.8 Å². The Morgan fingerprint density at radius 2 is 2.31 bits per heavy atom. The lowest BCUT2D eigenvalue weighted by molar-refractivity contribution is 0.0924. The maximum absolute atomic E-state index is 11.8. The van der Waals surface area contributed by atoms with Gasteiger partial charge in [-0.2, -0.15) is 0 Å². The van der Waals surface area contributed by atoms with Gasteiger partial charge in [-0.05, 0) is 19.1 Å². The largest absolute Gasteiger partial charge is 0.392 e. The number of hydrogen-bond acceptors (Lipinski definition) is 4. The van der Waals surface area contributed by atoms with E-state index in [2.05, 4.69) is 10.3 Å². The smallest absolute Gasteiger partial charge is 0.255 e. The molecule has 1 atom stereocenters. The van der Waals surface area contributed by atoms with E-state index in [0.29, 0.717) is 11.4 Å². The van der Waals surface area contributed by atoms with Crippen molar-refractivity contribution in [2.24, 2.45) is 0 Å². The average molecular weight is 223 g/mol. The molecule has 0 saturated heterocycles. The van der Waals surface area contributed by atoms with Crippen molar-refractivity contribution in [1.82, 2.24) is 10.3 Å². The zero-order valence-corrected chi connectivity index (χ0v) is 9.77. The van der Waals surface area contributed by atoms with Gasteiger partial charge in [-0.15, -0.1) is 0 Å². The molecule has 0 aliphatic rings. The van der Waals surface area contributed by atoms with Crippen molar-refractivity contribution in [3.05, 3.63) is 23.9 Å². The Morgan fingerprint density at radius 1 is 1.62 bits per heavy atom. The van der Waals surface area contributed by atoms with E-state index in [1.807, 2.05) is 14.1 Å². The number of aliphatic hydroxyl groups excluding tert-OH is 1. The zero-order valence-electron chi connectivity index (χ0n) is 9.77. The SMILES string of the molecule is CC(O)CNC(=O)c1cccnc1N(C)C. The number of hydrogen-bond donors (Lipinski definition) is 2. The molecule has 88 valence electrons. The molecule has 0 aliphatic heterocycles. The van der Waals surface area contributed by atoms with E-state index in [1.165, 1.54) is 0 Å². The second-order valence-electron chi connectivity index (χ2n) is 3.83. The Hall–Kier alpha value is -1.62. The second-order valence-corrected chi connectivity index (χ2v) is 3.83. The number of aromatic nitrogens is 1. The van der Waals surface area contributed by atoms with Gasteiger partial charge in [-0.3, -0.25) is 4.79 Å². The van der Waals surface area contributed by atoms with Crippen LogP contribution >= 0.6 is 0 Å². The van der Waals surface area contributed by atoms with Crippen molar-refractivity contribution in [3.8, 4) is 0 Å². The minimum Gasteiger partial charge on any atom is -0.392 e. The number of nitrogens with one attached hydrogen (secondary N) is 1. The van der Waals surface area contributed by atoms with E-state index in [9.17, 15) is 4.79 Å². The predicted molar refractivity (Wildman–Crippen MR) is 62.6 cm³/mol. The van der Waals surface area contributed by atoms with Crippen LogP contribution in [0.2, 0.25) is 0 Å². The Labute approximate surface area is 95.1 Å². The van der Waals surface area contributed by atoms with Crippen molar-refractivity contribution in [2.75, 3.05) is 25.5 Å². The molecule has 1 unspecified atom stereocenters. The monoisotopic (exact) mass is 223 g/mol. The summed E-state index contributed by atoms with van der Waals surface area (Å²) in [6.07, 6.45) is 1.09. The van der Waals surface area contributed by atoms with Crippen LogP contribution in [0.3, 0.4) is 0 Å². The molecule has 1 amide bonds. The van der Waals surface area contributed by atoms with Gasteiger partial charge in [0.25, 0.3) is 5.91 Å². The summed E-state index contributed by atoms with van der Waals surface area (Å²) in [5.74, 6) is 0.392. The van der Waals surface area contributed by atoms with Gasteiger partial charge in [0.1, 0.15) is 5.82 Å². The standard InChI is InChI=1S/C11H17N3O2/c1-8(15)7-13-11(16)9-5-4-6-12-10(9)14(2)3/h4-6,8,15H,7H2,1-3H3,(H,13,16). The molecule has 0 fully saturated rings. The third-order valence-electron chi connectivity index (χ3n) is 2.01. The summed E-state index contributed by atoms with van der Waals surface area (Å²) in [6, 6.07) is 3.42. The molecule has 0 aromatic carbocycles. The average Bonchev–Trinajstić information content (AvgIpc) is 2.25. The van der Waals surface area contributed by atoms with E-state index in [0.717, 1.165) is 0 Å². The Balaban J connectivity index is 2.82. The summed E-state index contributed by atoms with van der Waals surface area (Å²) in [5, 5.41) is 11.7. The fourth-order valence-electron chi connectivity index (χ4n) is 1.27. The van der Waals surface area contributed by atoms with Gasteiger partial charge in [0.2, 0.25) is 0 Å². The molecule has 0 aliphatic carbocycles. The van der Waals surface area contributed by atoms with Gasteiger partial charge < -0.3 is 15.3 Å². The molecule has 0 saturated carbocycles. The normalized spacial score (nSPS) is 12.0. The summed E-state index contributed by atoms with van der Waals surface area (Å²) >= 11 is 0. The molecule has 2 N–H and O–H groups in total. The number of aliphatic hydroxyl groups is 1. The predicted octanol–water partition coefficient (Wildman–Crippen LogP) is 0.258. The van der Waals surface area contributed by atoms with Crippen LogP contribution in [0.4, 0.5) is 5.82 Å². The van der Waals surface area contributed by atoms with Gasteiger partial charge in [-0.1, -0.05) is 0 Å². The summed E-state index contributed by atoms with van der Waals surface area (Å²) in [5.41, 5.74) is 0.508. The molecule has 1 aromatic heterocycles. The maximum Gasteiger partial charge on any atom is 0.255 e. The lowest BCUT2D eigenvalue weighted by Crippen LogP contribution is -2.31. The number of nitrogens with zero attached hydrogens (tertiary/aromatic N) is 2. The molecule has 0 bridgehead atoms. The first-order chi connectivity index (χ1) is 7.52. The first-order valence-corrected chi connectivity index (χ1v) is 5.11. The summed E-state index contributed by atoms with van der Waals surface area (Å²) in [7, 11) is 3.65. The highest BCUT2D eigenvalue weighted by Gasteiger charge is 2.13. The zero-order chi connectivity index (χ0) is 12.1. The van der Waals surface area contributed by atoms with Crippen molar-refractivity contribution >= 4 is 11.7 Å². The molecule has 5 heteroatoms. The van der Waals surface area contributed by atoms with Crippen LogP contribution in [0.5, 0.6) is 0 Å². The van der Waals surface area contributed by atoms with Crippen LogP contribution in [0.25, 0.3) is 0 Å². The molecule has 1 aromatic rings. The van der Waals surface area contributed by atoms with Crippen LogP contribution in [0, 0.1) is 0 Å². The third-order valence-corrected chi connectivity index (χ3v) is 2.01. The fraction of sp³-hybridized carbons (Fsp3) is 0.455. The minimum absolute atomic E-state index is 0.224. The van der Waals surface area contributed by atoms with Gasteiger partial charge in [-0.25, -0.2) is 4.98 Å². The highest BCUT2D eigenvalue weighted by atomic mass is 16.3. The van der Waals surface area contributed by atoms with Crippen LogP contribution in [0.1, 0.15) is 17.3 Å². The van der Waals surface area contributed by atoms with Crippen molar-refractivity contribution < 1.29 is 9.90 Å². The molecule has 1 heterocycles. The quantitative estimate of drug-likeness (QED) is 0.768. The first-order valence-electron chi connectivity index (χ1n) is 5.11. The first kappa shape index (κ1) is 12.4. The summed E-state index contributed by atoms with van der Waals surface area (Å²) < 4.78 is 0. The van der Waals surface area contributed by atoms with Crippen LogP contribution in [0.15, 0.2) is 18.3 Å². The van der Waals surface area contributed by atoms with E-state index < -0.39 is 6.10 Å². The maximum atomic E-state index is 11.8. The molecular formula is C11H17N3O2. The molecule has 16 heavy (non-hydrogen) atoms. The number of pyridine rings is 1. The van der Waals surface area contributed by atoms with Gasteiger partial charge >= 0.3 is 0 Å². The van der Waals surface area contributed by atoms with E-state index in [-0.39, 0.29) is 12.5 Å². The Morgan fingerprint density at radius 3 is 2.88 bits per heavy atom. The van der Waals surface area contributed by atoms with Gasteiger partial charge in [0.15, 0.2) is 0 Å². The van der Waals surface area contributed by atoms with E-state index >= 15 is 0 Å². The number of rotatable bonds is 4. The molecule has 0 radical (unpaired) electrons. The van der Waals surface area contributed by atoms with Gasteiger partial charge in [0.05, 0.1) is 11.7 Å². The van der Waals surface area contributed by atoms with E-state index in [4.69, 9.17) is 5.11 Å². The number of carbonyl (C=O) groups excluding carboxylic acids is 1. The van der Waals surface area contributed by atoms with Crippen LogP contribution < -0.4 is 10.2 Å². The number of amides is 1. The number of carbonyl (C=O) groups is 1. The minimum atomic E-state index is -0.552. The Kier molecular flexibility index (Phi) is 4.25. The molecule has 5 nitrogen and oxygen atoms in total. The summed E-state index contributed by atoms with van der Waals surface area (Å²) in [6.45, 7) is 1.86. The van der Waals surface area contributed by atoms with Crippen LogP contribution in [-0.2, 0) is 0 Å². The lowest BCUT2D eigenvalue weighted by atomic mass is 10.2. The van der Waals surface area contributed by atoms with Crippen molar-refractivity contribution in [3.63, 3.8) is 0 Å². The Bertz CT molecular complexity index is 364. The highest BCUT2D eigenvalue weighted by Crippen LogP contribution is 2.13. The molecule has 1 rings (SSSR count). The second kappa shape index (κ2) is 5.46. The van der Waals surface area contributed by atoms with Crippen molar-refractivity contribution in [2.45, 2.75) is 13.0 Å².